The van der Waals surface area contributed by atoms with Crippen molar-refractivity contribution in [3.63, 3.8) is 0 Å². The molecular formula is C18H19N. The molecule has 96 valence electrons. The minimum absolute atomic E-state index is 0.748. The number of fused-ring (bicyclic) bond motifs is 2. The molecule has 19 heavy (non-hydrogen) atoms. The van der Waals surface area contributed by atoms with Crippen LogP contribution < -0.4 is 5.32 Å². The first-order valence-electron chi connectivity index (χ1n) is 7.30. The minimum atomic E-state index is 0.748. The van der Waals surface area contributed by atoms with Crippen molar-refractivity contribution in [2.45, 2.75) is 31.7 Å². The van der Waals surface area contributed by atoms with Crippen molar-refractivity contribution in [3.05, 3.63) is 70.3 Å². The van der Waals surface area contributed by atoms with Gasteiger partial charge < -0.3 is 5.32 Å². The fourth-order valence-corrected chi connectivity index (χ4v) is 3.61. The highest BCUT2D eigenvalue weighted by atomic mass is 14.9. The Kier molecular flexibility index (Phi) is 2.66. The smallest absolute Gasteiger partial charge is 0.0208 e. The van der Waals surface area contributed by atoms with E-state index in [9.17, 15) is 0 Å². The van der Waals surface area contributed by atoms with Crippen LogP contribution in [-0.4, -0.2) is 6.54 Å². The highest BCUT2D eigenvalue weighted by Crippen LogP contribution is 2.38. The van der Waals surface area contributed by atoms with Crippen LogP contribution >= 0.6 is 0 Å². The molecule has 0 saturated carbocycles. The summed E-state index contributed by atoms with van der Waals surface area (Å²) in [6, 6.07) is 15.8. The van der Waals surface area contributed by atoms with Gasteiger partial charge in [0.1, 0.15) is 0 Å². The molecule has 0 saturated heterocycles. The average Bonchev–Trinajstić information content (AvgIpc) is 2.45. The van der Waals surface area contributed by atoms with E-state index < -0.39 is 0 Å². The molecule has 0 bridgehead atoms. The van der Waals surface area contributed by atoms with Gasteiger partial charge >= 0.3 is 0 Å². The van der Waals surface area contributed by atoms with Gasteiger partial charge in [-0.05, 0) is 59.5 Å². The maximum Gasteiger partial charge on any atom is 0.0208 e. The topological polar surface area (TPSA) is 12.0 Å². The van der Waals surface area contributed by atoms with E-state index in [1.54, 1.807) is 22.3 Å². The first-order chi connectivity index (χ1) is 9.42. The third-order valence-corrected chi connectivity index (χ3v) is 4.66. The lowest BCUT2D eigenvalue weighted by molar-refractivity contribution is 0.589. The number of hydrogen-bond acceptors (Lipinski definition) is 1. The van der Waals surface area contributed by atoms with E-state index in [0.29, 0.717) is 0 Å². The molecule has 1 nitrogen and oxygen atoms in total. The molecule has 0 spiro atoms. The predicted octanol–water partition coefficient (Wildman–Crippen LogP) is 3.21. The van der Waals surface area contributed by atoms with E-state index in [1.165, 1.54) is 24.8 Å². The molecule has 1 unspecified atom stereocenters. The third kappa shape index (κ3) is 1.89. The summed E-state index contributed by atoms with van der Waals surface area (Å²) in [5.74, 6) is 0.748. The molecule has 2 aliphatic rings. The molecule has 2 aromatic rings. The van der Waals surface area contributed by atoms with Crippen molar-refractivity contribution >= 4 is 0 Å². The highest BCUT2D eigenvalue weighted by molar-refractivity contribution is 5.44. The molecule has 1 atom stereocenters. The second-order valence-electron chi connectivity index (χ2n) is 5.79. The Bertz CT molecular complexity index is 615. The van der Waals surface area contributed by atoms with Crippen LogP contribution in [0.1, 0.15) is 33.7 Å². The Balaban J connectivity index is 1.62. The van der Waals surface area contributed by atoms with Crippen LogP contribution in [0.15, 0.2) is 42.5 Å². The average molecular weight is 249 g/mol. The molecule has 1 heterocycles. The van der Waals surface area contributed by atoms with Gasteiger partial charge in [0, 0.05) is 6.54 Å². The maximum absolute atomic E-state index is 3.47. The van der Waals surface area contributed by atoms with Gasteiger partial charge in [-0.2, -0.15) is 0 Å². The zero-order valence-corrected chi connectivity index (χ0v) is 11.2. The molecule has 0 aromatic heterocycles. The third-order valence-electron chi connectivity index (χ3n) is 4.66. The fraction of sp³-hybridized carbons (Fsp3) is 0.333. The number of hydrogen-bond donors (Lipinski definition) is 1. The molecule has 1 heteroatoms. The zero-order chi connectivity index (χ0) is 12.7. The molecular weight excluding hydrogens is 230 g/mol. The fourth-order valence-electron chi connectivity index (χ4n) is 3.61. The van der Waals surface area contributed by atoms with E-state index in [-0.39, 0.29) is 0 Å². The van der Waals surface area contributed by atoms with Crippen LogP contribution in [0.25, 0.3) is 0 Å². The van der Waals surface area contributed by atoms with Crippen LogP contribution in [0.4, 0.5) is 0 Å². The largest absolute Gasteiger partial charge is 0.312 e. The van der Waals surface area contributed by atoms with Crippen molar-refractivity contribution < 1.29 is 0 Å². The first kappa shape index (κ1) is 11.2. The Labute approximate surface area is 114 Å². The molecule has 1 aliphatic carbocycles. The van der Waals surface area contributed by atoms with Crippen LogP contribution in [-0.2, 0) is 25.8 Å². The van der Waals surface area contributed by atoms with Crippen LogP contribution in [0.2, 0.25) is 0 Å². The van der Waals surface area contributed by atoms with Gasteiger partial charge in [0.2, 0.25) is 0 Å². The van der Waals surface area contributed by atoms with Crippen molar-refractivity contribution in [3.8, 4) is 0 Å². The molecule has 1 N–H and O–H groups in total. The zero-order valence-electron chi connectivity index (χ0n) is 11.2. The van der Waals surface area contributed by atoms with Gasteiger partial charge in [0.15, 0.2) is 0 Å². The summed E-state index contributed by atoms with van der Waals surface area (Å²) in [6.07, 6.45) is 3.68. The molecule has 0 radical (unpaired) electrons. The van der Waals surface area contributed by atoms with E-state index in [1.807, 2.05) is 0 Å². The van der Waals surface area contributed by atoms with Crippen molar-refractivity contribution in [2.24, 2.45) is 0 Å². The second kappa shape index (κ2) is 4.50. The lowest BCUT2D eigenvalue weighted by Crippen LogP contribution is -2.26. The Morgan fingerprint density at radius 3 is 2.84 bits per heavy atom. The summed E-state index contributed by atoms with van der Waals surface area (Å²) in [7, 11) is 0. The van der Waals surface area contributed by atoms with E-state index in [0.717, 1.165) is 19.0 Å². The molecule has 4 rings (SSSR count). The van der Waals surface area contributed by atoms with Gasteiger partial charge in [-0.3, -0.25) is 0 Å². The lowest BCUT2D eigenvalue weighted by Gasteiger charge is -2.31. The van der Waals surface area contributed by atoms with E-state index in [4.69, 9.17) is 0 Å². The van der Waals surface area contributed by atoms with Gasteiger partial charge in [-0.1, -0.05) is 42.5 Å². The summed E-state index contributed by atoms with van der Waals surface area (Å²) >= 11 is 0. The quantitative estimate of drug-likeness (QED) is 0.861. The van der Waals surface area contributed by atoms with Crippen LogP contribution in [0.5, 0.6) is 0 Å². The van der Waals surface area contributed by atoms with E-state index in [2.05, 4.69) is 47.8 Å². The molecule has 0 fully saturated rings. The SMILES string of the molecule is c1ccc2c(c1)CC2Cc1cccc2c1CCNC2. The number of benzene rings is 2. The van der Waals surface area contributed by atoms with Gasteiger partial charge in [0.25, 0.3) is 0 Å². The summed E-state index contributed by atoms with van der Waals surface area (Å²) in [5, 5.41) is 3.47. The Hall–Kier alpha value is -1.60. The Morgan fingerprint density at radius 2 is 1.89 bits per heavy atom. The summed E-state index contributed by atoms with van der Waals surface area (Å²) in [4.78, 5) is 0. The van der Waals surface area contributed by atoms with E-state index >= 15 is 0 Å². The second-order valence-corrected chi connectivity index (χ2v) is 5.79. The normalized spacial score (nSPS) is 20.3. The maximum atomic E-state index is 3.47. The lowest BCUT2D eigenvalue weighted by atomic mass is 9.73. The van der Waals surface area contributed by atoms with Gasteiger partial charge in [0.05, 0.1) is 0 Å². The predicted molar refractivity (Wildman–Crippen MR) is 78.4 cm³/mol. The molecule has 0 amide bonds. The molecule has 2 aromatic carbocycles. The van der Waals surface area contributed by atoms with Crippen molar-refractivity contribution in [2.75, 3.05) is 6.54 Å². The van der Waals surface area contributed by atoms with Crippen LogP contribution in [0, 0.1) is 0 Å². The van der Waals surface area contributed by atoms with Gasteiger partial charge in [-0.25, -0.2) is 0 Å². The van der Waals surface area contributed by atoms with Crippen molar-refractivity contribution in [1.29, 1.82) is 0 Å². The summed E-state index contributed by atoms with van der Waals surface area (Å²) in [5.41, 5.74) is 7.84. The first-order valence-corrected chi connectivity index (χ1v) is 7.30. The van der Waals surface area contributed by atoms with Crippen LogP contribution in [0.3, 0.4) is 0 Å². The Morgan fingerprint density at radius 1 is 1.00 bits per heavy atom. The monoisotopic (exact) mass is 249 g/mol. The standard InChI is InChI=1S/C18H19N/c1-2-7-17-13(4-1)10-16(17)11-14-5-3-6-15-12-19-9-8-18(14)15/h1-7,16,19H,8-12H2. The number of nitrogens with one attached hydrogen (secondary N) is 1. The summed E-state index contributed by atoms with van der Waals surface area (Å²) in [6.45, 7) is 2.18. The highest BCUT2D eigenvalue weighted by Gasteiger charge is 2.26. The van der Waals surface area contributed by atoms with Crippen molar-refractivity contribution in [1.82, 2.24) is 5.32 Å². The number of rotatable bonds is 2. The molecule has 1 aliphatic heterocycles. The summed E-state index contributed by atoms with van der Waals surface area (Å²) < 4.78 is 0. The minimum Gasteiger partial charge on any atom is -0.312 e. The van der Waals surface area contributed by atoms with Gasteiger partial charge in [-0.15, -0.1) is 0 Å².